The van der Waals surface area contributed by atoms with Gasteiger partial charge in [0.1, 0.15) is 5.75 Å². The molecule has 1 aliphatic heterocycles. The summed E-state index contributed by atoms with van der Waals surface area (Å²) in [6.45, 7) is 5.79. The monoisotopic (exact) mass is 276 g/mol. The number of rotatable bonds is 4. The molecule has 1 heterocycles. The number of carbonyl (C=O) groups excluding carboxylic acids is 1. The molecular weight excluding hydrogens is 252 g/mol. The molecule has 0 radical (unpaired) electrons. The number of likely N-dealkylation sites (tertiary alicyclic amines) is 1. The normalized spacial score (nSPS) is 16.9. The summed E-state index contributed by atoms with van der Waals surface area (Å²) in [5.74, 6) is 0.847. The highest BCUT2D eigenvalue weighted by molar-refractivity contribution is 5.77. The van der Waals surface area contributed by atoms with E-state index in [0.29, 0.717) is 0 Å². The number of nitrogens with zero attached hydrogens (tertiary/aromatic N) is 1. The van der Waals surface area contributed by atoms with E-state index in [1.165, 1.54) is 6.42 Å². The maximum Gasteiger partial charge on any atom is 0.260 e. The molecule has 20 heavy (non-hydrogen) atoms. The second-order valence-electron chi connectivity index (χ2n) is 5.54. The number of hydrogen-bond donors (Lipinski definition) is 1. The average molecular weight is 276 g/mol. The van der Waals surface area contributed by atoms with E-state index in [4.69, 9.17) is 10.5 Å². The number of nitrogens with two attached hydrogens (primary N) is 1. The van der Waals surface area contributed by atoms with Crippen molar-refractivity contribution in [2.75, 3.05) is 19.7 Å². The number of ether oxygens (including phenoxy) is 1. The lowest BCUT2D eigenvalue weighted by Gasteiger charge is -2.26. The van der Waals surface area contributed by atoms with E-state index < -0.39 is 0 Å². The van der Waals surface area contributed by atoms with E-state index in [-0.39, 0.29) is 18.6 Å². The summed E-state index contributed by atoms with van der Waals surface area (Å²) in [6.07, 6.45) is 3.43. The van der Waals surface area contributed by atoms with Crippen LogP contribution < -0.4 is 10.5 Å². The molecule has 0 aliphatic carbocycles. The van der Waals surface area contributed by atoms with Gasteiger partial charge in [0.05, 0.1) is 0 Å². The molecule has 1 saturated heterocycles. The number of carbonyl (C=O) groups is 1. The summed E-state index contributed by atoms with van der Waals surface area (Å²) < 4.78 is 5.65. The third-order valence-corrected chi connectivity index (χ3v) is 3.78. The van der Waals surface area contributed by atoms with Crippen LogP contribution in [-0.2, 0) is 4.79 Å². The Kier molecular flexibility index (Phi) is 5.01. The van der Waals surface area contributed by atoms with Crippen molar-refractivity contribution in [1.29, 1.82) is 0 Å². The van der Waals surface area contributed by atoms with Crippen molar-refractivity contribution in [2.45, 2.75) is 39.2 Å². The smallest absolute Gasteiger partial charge is 0.260 e. The van der Waals surface area contributed by atoms with Crippen LogP contribution in [0.2, 0.25) is 0 Å². The molecule has 110 valence electrons. The maximum absolute atomic E-state index is 12.0. The summed E-state index contributed by atoms with van der Waals surface area (Å²) in [4.78, 5) is 13.9. The lowest BCUT2D eigenvalue weighted by atomic mass is 10.1. The van der Waals surface area contributed by atoms with Crippen LogP contribution in [0.15, 0.2) is 18.2 Å². The van der Waals surface area contributed by atoms with Gasteiger partial charge < -0.3 is 15.4 Å². The van der Waals surface area contributed by atoms with Gasteiger partial charge in [0.15, 0.2) is 6.61 Å². The predicted molar refractivity (Wildman–Crippen MR) is 79.7 cm³/mol. The SMILES string of the molecule is Cc1cc([C@H](C)N)ccc1OCC(=O)N1CCCCC1. The molecule has 0 bridgehead atoms. The first-order valence-electron chi connectivity index (χ1n) is 7.34. The topological polar surface area (TPSA) is 55.6 Å². The molecule has 4 heteroatoms. The maximum atomic E-state index is 12.0. The highest BCUT2D eigenvalue weighted by Crippen LogP contribution is 2.22. The van der Waals surface area contributed by atoms with E-state index in [1.54, 1.807) is 0 Å². The summed E-state index contributed by atoms with van der Waals surface area (Å²) in [7, 11) is 0. The van der Waals surface area contributed by atoms with Gasteiger partial charge in [-0.15, -0.1) is 0 Å². The van der Waals surface area contributed by atoms with Crippen LogP contribution in [0.3, 0.4) is 0 Å². The largest absolute Gasteiger partial charge is 0.484 e. The fourth-order valence-electron chi connectivity index (χ4n) is 2.49. The minimum absolute atomic E-state index is 0.0118. The molecule has 1 aromatic carbocycles. The average Bonchev–Trinajstić information content (AvgIpc) is 2.46. The molecule has 1 amide bonds. The van der Waals surface area contributed by atoms with Crippen LogP contribution in [0.5, 0.6) is 5.75 Å². The molecule has 1 aromatic rings. The van der Waals surface area contributed by atoms with Gasteiger partial charge in [-0.1, -0.05) is 12.1 Å². The zero-order chi connectivity index (χ0) is 14.5. The zero-order valence-corrected chi connectivity index (χ0v) is 12.4. The van der Waals surface area contributed by atoms with Gasteiger partial charge in [-0.3, -0.25) is 4.79 Å². The molecule has 1 aliphatic rings. The summed E-state index contributed by atoms with van der Waals surface area (Å²) in [6, 6.07) is 5.89. The summed E-state index contributed by atoms with van der Waals surface area (Å²) >= 11 is 0. The zero-order valence-electron chi connectivity index (χ0n) is 12.4. The van der Waals surface area contributed by atoms with Gasteiger partial charge in [0.25, 0.3) is 5.91 Å². The molecule has 4 nitrogen and oxygen atoms in total. The van der Waals surface area contributed by atoms with Crippen molar-refractivity contribution in [3.05, 3.63) is 29.3 Å². The first kappa shape index (κ1) is 14.9. The van der Waals surface area contributed by atoms with Gasteiger partial charge in [-0.2, -0.15) is 0 Å². The third-order valence-electron chi connectivity index (χ3n) is 3.78. The standard InChI is InChI=1S/C16H24N2O2/c1-12-10-14(13(2)17)6-7-15(12)20-11-16(19)18-8-4-3-5-9-18/h6-7,10,13H,3-5,8-9,11,17H2,1-2H3/t13-/m0/s1. The van der Waals surface area contributed by atoms with Gasteiger partial charge in [0, 0.05) is 19.1 Å². The van der Waals surface area contributed by atoms with Crippen molar-refractivity contribution >= 4 is 5.91 Å². The van der Waals surface area contributed by atoms with Crippen LogP contribution in [0.4, 0.5) is 0 Å². The highest BCUT2D eigenvalue weighted by Gasteiger charge is 2.17. The van der Waals surface area contributed by atoms with Crippen LogP contribution in [0.25, 0.3) is 0 Å². The Morgan fingerprint density at radius 3 is 2.65 bits per heavy atom. The molecule has 2 rings (SSSR count). The van der Waals surface area contributed by atoms with Crippen LogP contribution in [0.1, 0.15) is 43.4 Å². The molecule has 0 aromatic heterocycles. The number of hydrogen-bond acceptors (Lipinski definition) is 3. The number of benzene rings is 1. The Balaban J connectivity index is 1.91. The summed E-state index contributed by atoms with van der Waals surface area (Å²) in [5, 5.41) is 0. The minimum atomic E-state index is 0.0118. The van der Waals surface area contributed by atoms with Gasteiger partial charge in [-0.25, -0.2) is 0 Å². The van der Waals surface area contributed by atoms with Crippen LogP contribution >= 0.6 is 0 Å². The van der Waals surface area contributed by atoms with Gasteiger partial charge in [0.2, 0.25) is 0 Å². The van der Waals surface area contributed by atoms with Crippen molar-refractivity contribution in [2.24, 2.45) is 5.73 Å². The molecular formula is C16H24N2O2. The predicted octanol–water partition coefficient (Wildman–Crippen LogP) is 2.41. The van der Waals surface area contributed by atoms with Crippen molar-refractivity contribution in [1.82, 2.24) is 4.90 Å². The molecule has 0 unspecified atom stereocenters. The molecule has 1 fully saturated rings. The van der Waals surface area contributed by atoms with E-state index in [9.17, 15) is 4.79 Å². The quantitative estimate of drug-likeness (QED) is 0.918. The molecule has 1 atom stereocenters. The highest BCUT2D eigenvalue weighted by atomic mass is 16.5. The van der Waals surface area contributed by atoms with Crippen molar-refractivity contribution in [3.8, 4) is 5.75 Å². The lowest BCUT2D eigenvalue weighted by molar-refractivity contribution is -0.134. The van der Waals surface area contributed by atoms with Crippen molar-refractivity contribution < 1.29 is 9.53 Å². The molecule has 0 saturated carbocycles. The Hall–Kier alpha value is -1.55. The first-order chi connectivity index (χ1) is 9.58. The van der Waals surface area contributed by atoms with Gasteiger partial charge in [-0.05, 0) is 50.3 Å². The van der Waals surface area contributed by atoms with Gasteiger partial charge >= 0.3 is 0 Å². The Morgan fingerprint density at radius 2 is 2.05 bits per heavy atom. The third kappa shape index (κ3) is 3.73. The Bertz CT molecular complexity index is 466. The first-order valence-corrected chi connectivity index (χ1v) is 7.34. The number of piperidine rings is 1. The number of aryl methyl sites for hydroxylation is 1. The minimum Gasteiger partial charge on any atom is -0.484 e. The second kappa shape index (κ2) is 6.75. The molecule has 2 N–H and O–H groups in total. The lowest BCUT2D eigenvalue weighted by Crippen LogP contribution is -2.38. The van der Waals surface area contributed by atoms with Crippen LogP contribution in [-0.4, -0.2) is 30.5 Å². The fourth-order valence-corrected chi connectivity index (χ4v) is 2.49. The van der Waals surface area contributed by atoms with E-state index >= 15 is 0 Å². The summed E-state index contributed by atoms with van der Waals surface area (Å²) in [5.41, 5.74) is 7.95. The Morgan fingerprint density at radius 1 is 1.35 bits per heavy atom. The van der Waals surface area contributed by atoms with Crippen LogP contribution in [0, 0.1) is 6.92 Å². The van der Waals surface area contributed by atoms with Crippen molar-refractivity contribution in [3.63, 3.8) is 0 Å². The second-order valence-corrected chi connectivity index (χ2v) is 5.54. The molecule has 0 spiro atoms. The van der Waals surface area contributed by atoms with E-state index in [0.717, 1.165) is 42.8 Å². The van der Waals surface area contributed by atoms with E-state index in [2.05, 4.69) is 0 Å². The fraction of sp³-hybridized carbons (Fsp3) is 0.562. The Labute approximate surface area is 120 Å². The number of amides is 1. The van der Waals surface area contributed by atoms with E-state index in [1.807, 2.05) is 36.9 Å².